The fourth-order valence-electron chi connectivity index (χ4n) is 1.44. The molecule has 0 amide bonds. The molecule has 0 heterocycles. The summed E-state index contributed by atoms with van der Waals surface area (Å²) in [6.45, 7) is 3.98. The van der Waals surface area contributed by atoms with Crippen LogP contribution in [0.3, 0.4) is 0 Å². The van der Waals surface area contributed by atoms with Gasteiger partial charge in [0.1, 0.15) is 0 Å². The first kappa shape index (κ1) is 13.4. The fourth-order valence-corrected chi connectivity index (χ4v) is 1.44. The van der Waals surface area contributed by atoms with E-state index in [0.717, 1.165) is 12.8 Å². The normalized spacial score (nSPS) is 12.5. The Labute approximate surface area is 86.4 Å². The quantitative estimate of drug-likeness (QED) is 0.373. The Morgan fingerprint density at radius 1 is 1.21 bits per heavy atom. The summed E-state index contributed by atoms with van der Waals surface area (Å²) in [5, 5.41) is 8.13. The van der Waals surface area contributed by atoms with E-state index < -0.39 is 5.97 Å². The highest BCUT2D eigenvalue weighted by Crippen LogP contribution is 2.12. The van der Waals surface area contributed by atoms with E-state index in [1.165, 1.54) is 32.1 Å². The minimum Gasteiger partial charge on any atom is -0.301 e. The first-order valence-corrected chi connectivity index (χ1v) is 5.57. The van der Waals surface area contributed by atoms with Crippen LogP contribution in [-0.2, 0) is 9.68 Å². The molecule has 0 aromatic carbocycles. The van der Waals surface area contributed by atoms with E-state index in [9.17, 15) is 4.79 Å². The van der Waals surface area contributed by atoms with E-state index >= 15 is 0 Å². The van der Waals surface area contributed by atoms with E-state index in [2.05, 4.69) is 11.8 Å². The van der Waals surface area contributed by atoms with Crippen molar-refractivity contribution in [3.8, 4) is 0 Å². The fraction of sp³-hybridized carbons (Fsp3) is 0.909. The maximum atomic E-state index is 10.8. The second kappa shape index (κ2) is 9.00. The molecule has 0 radical (unpaired) electrons. The molecule has 1 N–H and O–H groups in total. The Kier molecular flexibility index (Phi) is 8.64. The van der Waals surface area contributed by atoms with Gasteiger partial charge in [0, 0.05) is 0 Å². The van der Waals surface area contributed by atoms with Crippen LogP contribution in [0, 0.1) is 5.92 Å². The molecule has 0 spiro atoms. The average molecular weight is 202 g/mol. The molecule has 0 saturated heterocycles. The zero-order valence-corrected chi connectivity index (χ0v) is 9.29. The summed E-state index contributed by atoms with van der Waals surface area (Å²) in [5.74, 6) is -0.690. The van der Waals surface area contributed by atoms with E-state index in [4.69, 9.17) is 5.26 Å². The zero-order chi connectivity index (χ0) is 10.8. The second-order valence-corrected chi connectivity index (χ2v) is 3.87. The first-order chi connectivity index (χ1) is 6.72. The molecule has 0 aromatic heterocycles. The van der Waals surface area contributed by atoms with Crippen LogP contribution in [0.1, 0.15) is 58.8 Å². The van der Waals surface area contributed by atoms with Crippen molar-refractivity contribution in [2.24, 2.45) is 5.92 Å². The molecule has 3 nitrogen and oxygen atoms in total. The molecule has 0 aromatic rings. The lowest BCUT2D eigenvalue weighted by molar-refractivity contribution is -0.238. The van der Waals surface area contributed by atoms with E-state index in [1.807, 2.05) is 0 Å². The largest absolute Gasteiger partial charge is 0.344 e. The Bertz CT molecular complexity index is 145. The van der Waals surface area contributed by atoms with Crippen LogP contribution in [0.25, 0.3) is 0 Å². The number of carbonyl (C=O) groups is 1. The van der Waals surface area contributed by atoms with Crippen LogP contribution in [0.15, 0.2) is 0 Å². The lowest BCUT2D eigenvalue weighted by Gasteiger charge is -2.06. The van der Waals surface area contributed by atoms with Gasteiger partial charge in [-0.05, 0) is 6.42 Å². The summed E-state index contributed by atoms with van der Waals surface area (Å²) < 4.78 is 0. The smallest absolute Gasteiger partial charge is 0.301 e. The molecule has 0 saturated carbocycles. The minimum atomic E-state index is -0.515. The Morgan fingerprint density at radius 2 is 1.79 bits per heavy atom. The summed E-state index contributed by atoms with van der Waals surface area (Å²) >= 11 is 0. The van der Waals surface area contributed by atoms with Gasteiger partial charge in [-0.2, -0.15) is 5.26 Å². The van der Waals surface area contributed by atoms with E-state index in [-0.39, 0.29) is 5.92 Å². The monoisotopic (exact) mass is 202 g/mol. The third kappa shape index (κ3) is 6.89. The molecule has 1 atom stereocenters. The average Bonchev–Trinajstić information content (AvgIpc) is 2.21. The molecule has 0 aliphatic rings. The third-order valence-electron chi connectivity index (χ3n) is 2.48. The van der Waals surface area contributed by atoms with Crippen molar-refractivity contribution in [1.82, 2.24) is 0 Å². The van der Waals surface area contributed by atoms with E-state index in [0.29, 0.717) is 0 Å². The number of hydrogen-bond donors (Lipinski definition) is 1. The highest BCUT2D eigenvalue weighted by atomic mass is 17.1. The van der Waals surface area contributed by atoms with Crippen molar-refractivity contribution in [3.63, 3.8) is 0 Å². The van der Waals surface area contributed by atoms with Gasteiger partial charge in [-0.25, -0.2) is 4.79 Å². The van der Waals surface area contributed by atoms with Gasteiger partial charge in [0.15, 0.2) is 0 Å². The number of rotatable bonds is 8. The maximum Gasteiger partial charge on any atom is 0.344 e. The predicted molar refractivity (Wildman–Crippen MR) is 55.9 cm³/mol. The standard InChI is InChI=1S/C11H22O3/c1-3-4-5-6-7-8-9-10(2)11(12)14-13/h10,13H,3-9H2,1-2H3. The summed E-state index contributed by atoms with van der Waals surface area (Å²) in [4.78, 5) is 14.5. The van der Waals surface area contributed by atoms with Crippen LogP contribution in [0.4, 0.5) is 0 Å². The molecular weight excluding hydrogens is 180 g/mol. The molecule has 0 rings (SSSR count). The van der Waals surface area contributed by atoms with Crippen LogP contribution in [0.2, 0.25) is 0 Å². The first-order valence-electron chi connectivity index (χ1n) is 5.57. The molecule has 0 fully saturated rings. The maximum absolute atomic E-state index is 10.8. The summed E-state index contributed by atoms with van der Waals surface area (Å²) in [6, 6.07) is 0. The van der Waals surface area contributed by atoms with Gasteiger partial charge in [-0.3, -0.25) is 0 Å². The van der Waals surface area contributed by atoms with Crippen LogP contribution in [0.5, 0.6) is 0 Å². The van der Waals surface area contributed by atoms with Crippen molar-refractivity contribution >= 4 is 5.97 Å². The number of hydrogen-bond acceptors (Lipinski definition) is 3. The molecule has 0 bridgehead atoms. The highest BCUT2D eigenvalue weighted by molar-refractivity contribution is 5.71. The van der Waals surface area contributed by atoms with Gasteiger partial charge < -0.3 is 4.89 Å². The van der Waals surface area contributed by atoms with Crippen molar-refractivity contribution < 1.29 is 14.9 Å². The summed E-state index contributed by atoms with van der Waals surface area (Å²) in [7, 11) is 0. The number of carbonyl (C=O) groups excluding carboxylic acids is 1. The molecule has 1 unspecified atom stereocenters. The third-order valence-corrected chi connectivity index (χ3v) is 2.48. The zero-order valence-electron chi connectivity index (χ0n) is 9.29. The Morgan fingerprint density at radius 3 is 2.36 bits per heavy atom. The highest BCUT2D eigenvalue weighted by Gasteiger charge is 2.13. The van der Waals surface area contributed by atoms with Crippen molar-refractivity contribution in [3.05, 3.63) is 0 Å². The van der Waals surface area contributed by atoms with Gasteiger partial charge in [0.05, 0.1) is 5.92 Å². The topological polar surface area (TPSA) is 46.5 Å². The summed E-state index contributed by atoms with van der Waals surface area (Å²) in [5.41, 5.74) is 0. The van der Waals surface area contributed by atoms with Crippen molar-refractivity contribution in [2.75, 3.05) is 0 Å². The van der Waals surface area contributed by atoms with Gasteiger partial charge in [0.25, 0.3) is 0 Å². The summed E-state index contributed by atoms with van der Waals surface area (Å²) in [6.07, 6.45) is 8.11. The molecule has 0 aliphatic heterocycles. The van der Waals surface area contributed by atoms with Crippen LogP contribution in [-0.4, -0.2) is 11.2 Å². The molecule has 84 valence electrons. The van der Waals surface area contributed by atoms with Crippen molar-refractivity contribution in [2.45, 2.75) is 58.8 Å². The minimum absolute atomic E-state index is 0.175. The van der Waals surface area contributed by atoms with Gasteiger partial charge in [-0.15, -0.1) is 0 Å². The lowest BCUT2D eigenvalue weighted by atomic mass is 10.0. The number of unbranched alkanes of at least 4 members (excludes halogenated alkanes) is 5. The lowest BCUT2D eigenvalue weighted by Crippen LogP contribution is -2.12. The Balaban J connectivity index is 3.23. The Hall–Kier alpha value is -0.570. The molecule has 3 heteroatoms. The predicted octanol–water partition coefficient (Wildman–Crippen LogP) is 3.39. The molecule has 14 heavy (non-hydrogen) atoms. The molecular formula is C11H22O3. The van der Waals surface area contributed by atoms with Gasteiger partial charge in [-0.1, -0.05) is 52.4 Å². The SMILES string of the molecule is CCCCCCCCC(C)C(=O)OO. The van der Waals surface area contributed by atoms with Crippen LogP contribution < -0.4 is 0 Å². The van der Waals surface area contributed by atoms with Gasteiger partial charge >= 0.3 is 5.97 Å². The van der Waals surface area contributed by atoms with E-state index in [1.54, 1.807) is 6.92 Å². The molecule has 0 aliphatic carbocycles. The van der Waals surface area contributed by atoms with Crippen LogP contribution >= 0.6 is 0 Å². The second-order valence-electron chi connectivity index (χ2n) is 3.87. The van der Waals surface area contributed by atoms with Crippen molar-refractivity contribution in [1.29, 1.82) is 0 Å². The van der Waals surface area contributed by atoms with Gasteiger partial charge in [0.2, 0.25) is 0 Å².